The fraction of sp³-hybridized carbons (Fsp3) is 0.615. The van der Waals surface area contributed by atoms with Gasteiger partial charge in [-0.05, 0) is 24.8 Å². The molecule has 6 heteroatoms. The Hall–Kier alpha value is -1.85. The van der Waals surface area contributed by atoms with Gasteiger partial charge in [-0.15, -0.1) is 0 Å². The largest absolute Gasteiger partial charge is 0.465 e. The number of aromatic amines is 1. The van der Waals surface area contributed by atoms with E-state index < -0.39 is 0 Å². The van der Waals surface area contributed by atoms with E-state index >= 15 is 0 Å². The predicted octanol–water partition coefficient (Wildman–Crippen LogP) is 0.802. The third-order valence-corrected chi connectivity index (χ3v) is 3.01. The predicted molar refractivity (Wildman–Crippen MR) is 68.2 cm³/mol. The Morgan fingerprint density at radius 3 is 3.00 bits per heavy atom. The minimum atomic E-state index is -0.218. The number of rotatable bonds is 8. The SMILES string of the molecule is O=C(CCCNC(=O)C1CC1)OCCc1cn[nH]c1. The molecular weight excluding hydrogens is 246 g/mol. The van der Waals surface area contributed by atoms with Gasteiger partial charge in [0.2, 0.25) is 5.91 Å². The molecule has 6 nitrogen and oxygen atoms in total. The maximum Gasteiger partial charge on any atom is 0.305 e. The van der Waals surface area contributed by atoms with Gasteiger partial charge in [-0.25, -0.2) is 0 Å². The molecule has 1 aromatic rings. The molecule has 19 heavy (non-hydrogen) atoms. The number of carbonyl (C=O) groups is 2. The molecule has 1 fully saturated rings. The van der Waals surface area contributed by atoms with Crippen LogP contribution in [0.2, 0.25) is 0 Å². The van der Waals surface area contributed by atoms with Crippen molar-refractivity contribution in [3.8, 4) is 0 Å². The summed E-state index contributed by atoms with van der Waals surface area (Å²) in [5.41, 5.74) is 1.02. The standard InChI is InChI=1S/C13H19N3O3/c17-12(19-7-5-10-8-15-16-9-10)2-1-6-14-13(18)11-3-4-11/h8-9,11H,1-7H2,(H,14,18)(H,15,16). The molecular formula is C13H19N3O3. The van der Waals surface area contributed by atoms with E-state index in [2.05, 4.69) is 15.5 Å². The highest BCUT2D eigenvalue weighted by atomic mass is 16.5. The Kier molecular flexibility index (Phi) is 4.94. The highest BCUT2D eigenvalue weighted by Crippen LogP contribution is 2.28. The third-order valence-electron chi connectivity index (χ3n) is 3.01. The second-order valence-corrected chi connectivity index (χ2v) is 4.75. The Labute approximate surface area is 111 Å². The molecule has 104 valence electrons. The van der Waals surface area contributed by atoms with E-state index in [1.165, 1.54) is 0 Å². The van der Waals surface area contributed by atoms with E-state index in [0.717, 1.165) is 18.4 Å². The van der Waals surface area contributed by atoms with Gasteiger partial charge >= 0.3 is 5.97 Å². The zero-order valence-electron chi connectivity index (χ0n) is 10.9. The molecule has 0 bridgehead atoms. The summed E-state index contributed by atoms with van der Waals surface area (Å²) in [7, 11) is 0. The first-order valence-electron chi connectivity index (χ1n) is 6.66. The molecule has 1 amide bonds. The second kappa shape index (κ2) is 6.92. The lowest BCUT2D eigenvalue weighted by Gasteiger charge is -2.05. The first-order valence-corrected chi connectivity index (χ1v) is 6.66. The topological polar surface area (TPSA) is 84.1 Å². The van der Waals surface area contributed by atoms with E-state index in [1.807, 2.05) is 0 Å². The molecule has 0 radical (unpaired) electrons. The lowest BCUT2D eigenvalue weighted by Crippen LogP contribution is -2.26. The van der Waals surface area contributed by atoms with Crippen molar-refractivity contribution < 1.29 is 14.3 Å². The van der Waals surface area contributed by atoms with Gasteiger partial charge in [-0.3, -0.25) is 14.7 Å². The van der Waals surface area contributed by atoms with Crippen LogP contribution in [0.5, 0.6) is 0 Å². The number of amides is 1. The summed E-state index contributed by atoms with van der Waals surface area (Å²) in [4.78, 5) is 22.7. The third kappa shape index (κ3) is 5.11. The van der Waals surface area contributed by atoms with Crippen molar-refractivity contribution in [2.24, 2.45) is 5.92 Å². The summed E-state index contributed by atoms with van der Waals surface area (Å²) in [6.07, 6.45) is 7.13. The van der Waals surface area contributed by atoms with Gasteiger partial charge in [-0.2, -0.15) is 5.10 Å². The summed E-state index contributed by atoms with van der Waals surface area (Å²) in [5.74, 6) is 0.124. The number of H-pyrrole nitrogens is 1. The van der Waals surface area contributed by atoms with Gasteiger partial charge in [-0.1, -0.05) is 0 Å². The van der Waals surface area contributed by atoms with E-state index in [-0.39, 0.29) is 17.8 Å². The van der Waals surface area contributed by atoms with Gasteiger partial charge in [0, 0.05) is 31.5 Å². The summed E-state index contributed by atoms with van der Waals surface area (Å²) < 4.78 is 5.09. The van der Waals surface area contributed by atoms with Crippen LogP contribution in [0.3, 0.4) is 0 Å². The van der Waals surface area contributed by atoms with Crippen LogP contribution in [0.25, 0.3) is 0 Å². The van der Waals surface area contributed by atoms with E-state index in [9.17, 15) is 9.59 Å². The number of esters is 1. The zero-order chi connectivity index (χ0) is 13.5. The second-order valence-electron chi connectivity index (χ2n) is 4.75. The quantitative estimate of drug-likeness (QED) is 0.538. The van der Waals surface area contributed by atoms with Gasteiger partial charge < -0.3 is 10.1 Å². The summed E-state index contributed by atoms with van der Waals surface area (Å²) in [5, 5.41) is 9.33. The minimum Gasteiger partial charge on any atom is -0.465 e. The van der Waals surface area contributed by atoms with Gasteiger partial charge in [0.05, 0.1) is 12.8 Å². The number of ether oxygens (including phenoxy) is 1. The molecule has 2 rings (SSSR count). The molecule has 0 saturated heterocycles. The number of carbonyl (C=O) groups excluding carboxylic acids is 2. The number of aromatic nitrogens is 2. The molecule has 0 atom stereocenters. The van der Waals surface area contributed by atoms with E-state index in [0.29, 0.717) is 32.4 Å². The Morgan fingerprint density at radius 1 is 1.47 bits per heavy atom. The Morgan fingerprint density at radius 2 is 2.32 bits per heavy atom. The van der Waals surface area contributed by atoms with Crippen LogP contribution in [-0.4, -0.2) is 35.2 Å². The Balaban J connectivity index is 1.46. The van der Waals surface area contributed by atoms with Crippen LogP contribution in [0.4, 0.5) is 0 Å². The molecule has 0 spiro atoms. The number of nitrogens with zero attached hydrogens (tertiary/aromatic N) is 1. The van der Waals surface area contributed by atoms with Crippen LogP contribution in [-0.2, 0) is 20.7 Å². The molecule has 1 aliphatic rings. The van der Waals surface area contributed by atoms with Crippen molar-refractivity contribution in [1.29, 1.82) is 0 Å². The highest BCUT2D eigenvalue weighted by Gasteiger charge is 2.28. The molecule has 1 heterocycles. The van der Waals surface area contributed by atoms with Crippen LogP contribution in [0.15, 0.2) is 12.4 Å². The monoisotopic (exact) mass is 265 g/mol. The molecule has 0 aliphatic heterocycles. The first-order chi connectivity index (χ1) is 9.25. The van der Waals surface area contributed by atoms with Crippen molar-refractivity contribution in [3.05, 3.63) is 18.0 Å². The van der Waals surface area contributed by atoms with Crippen LogP contribution in [0.1, 0.15) is 31.2 Å². The molecule has 0 aromatic carbocycles. The Bertz CT molecular complexity index is 413. The summed E-state index contributed by atoms with van der Waals surface area (Å²) in [6, 6.07) is 0. The molecule has 1 aromatic heterocycles. The van der Waals surface area contributed by atoms with Gasteiger partial charge in [0.25, 0.3) is 0 Å². The van der Waals surface area contributed by atoms with Gasteiger partial charge in [0.1, 0.15) is 0 Å². The number of hydrogen-bond donors (Lipinski definition) is 2. The fourth-order valence-electron chi connectivity index (χ4n) is 1.70. The van der Waals surface area contributed by atoms with Crippen molar-refractivity contribution in [2.45, 2.75) is 32.1 Å². The maximum atomic E-state index is 11.4. The lowest BCUT2D eigenvalue weighted by atomic mass is 10.3. The van der Waals surface area contributed by atoms with Crippen LogP contribution in [0, 0.1) is 5.92 Å². The number of hydrogen-bond acceptors (Lipinski definition) is 4. The highest BCUT2D eigenvalue weighted by molar-refractivity contribution is 5.80. The maximum absolute atomic E-state index is 11.4. The average molecular weight is 265 g/mol. The van der Waals surface area contributed by atoms with Crippen molar-refractivity contribution in [1.82, 2.24) is 15.5 Å². The van der Waals surface area contributed by atoms with Crippen LogP contribution >= 0.6 is 0 Å². The molecule has 1 aliphatic carbocycles. The minimum absolute atomic E-state index is 0.119. The zero-order valence-corrected chi connectivity index (χ0v) is 10.9. The fourth-order valence-corrected chi connectivity index (χ4v) is 1.70. The van der Waals surface area contributed by atoms with E-state index in [1.54, 1.807) is 12.4 Å². The normalized spacial score (nSPS) is 14.1. The van der Waals surface area contributed by atoms with Crippen molar-refractivity contribution >= 4 is 11.9 Å². The van der Waals surface area contributed by atoms with Crippen LogP contribution < -0.4 is 5.32 Å². The smallest absolute Gasteiger partial charge is 0.305 e. The summed E-state index contributed by atoms with van der Waals surface area (Å²) >= 11 is 0. The average Bonchev–Trinajstić information content (AvgIpc) is 3.13. The van der Waals surface area contributed by atoms with Crippen molar-refractivity contribution in [3.63, 3.8) is 0 Å². The number of nitrogens with one attached hydrogen (secondary N) is 2. The van der Waals surface area contributed by atoms with Crippen molar-refractivity contribution in [2.75, 3.05) is 13.2 Å². The van der Waals surface area contributed by atoms with Gasteiger partial charge in [0.15, 0.2) is 0 Å². The molecule has 2 N–H and O–H groups in total. The first kappa shape index (κ1) is 13.6. The van der Waals surface area contributed by atoms with E-state index in [4.69, 9.17) is 4.74 Å². The molecule has 1 saturated carbocycles. The summed E-state index contributed by atoms with van der Waals surface area (Å²) in [6.45, 7) is 0.916. The lowest BCUT2D eigenvalue weighted by molar-refractivity contribution is -0.143. The molecule has 0 unspecified atom stereocenters.